The van der Waals surface area contributed by atoms with Crippen LogP contribution in [-0.4, -0.2) is 6.47 Å². The van der Waals surface area contributed by atoms with Crippen LogP contribution >= 0.6 is 33.9 Å². The van der Waals surface area contributed by atoms with E-state index in [1.165, 1.54) is 9.13 Å². The van der Waals surface area contributed by atoms with E-state index in [2.05, 4.69) is 32.7 Å². The molecule has 0 saturated carbocycles. The molecule has 11 heavy (non-hydrogen) atoms. The molecule has 1 heterocycles. The standard InChI is InChI=1S/C7H7IO2S/c1-5-3-11-6(7(5)8)2-10-4-9/h3-4H,2H2,1H3. The highest BCUT2D eigenvalue weighted by atomic mass is 127. The second kappa shape index (κ2) is 4.06. The van der Waals surface area contributed by atoms with Crippen molar-refractivity contribution in [2.45, 2.75) is 13.5 Å². The first-order valence-electron chi connectivity index (χ1n) is 3.03. The normalized spacial score (nSPS) is 9.64. The van der Waals surface area contributed by atoms with Crippen LogP contribution in [0.4, 0.5) is 0 Å². The predicted molar refractivity (Wildman–Crippen MR) is 52.6 cm³/mol. The minimum Gasteiger partial charge on any atom is -0.462 e. The maximum atomic E-state index is 9.88. The number of carbonyl (C=O) groups excluding carboxylic acids is 1. The molecule has 4 heteroatoms. The summed E-state index contributed by atoms with van der Waals surface area (Å²) in [6.07, 6.45) is 0. The van der Waals surface area contributed by atoms with Gasteiger partial charge in [-0.25, -0.2) is 0 Å². The van der Waals surface area contributed by atoms with Crippen LogP contribution in [0.3, 0.4) is 0 Å². The summed E-state index contributed by atoms with van der Waals surface area (Å²) in [7, 11) is 0. The molecule has 0 N–H and O–H groups in total. The number of carbonyl (C=O) groups is 1. The van der Waals surface area contributed by atoms with Gasteiger partial charge >= 0.3 is 0 Å². The van der Waals surface area contributed by atoms with Gasteiger partial charge in [-0.3, -0.25) is 4.79 Å². The third-order valence-electron chi connectivity index (χ3n) is 1.25. The topological polar surface area (TPSA) is 26.3 Å². The molecule has 0 unspecified atom stereocenters. The number of hydrogen-bond acceptors (Lipinski definition) is 3. The first-order chi connectivity index (χ1) is 5.25. The molecule has 0 spiro atoms. The lowest BCUT2D eigenvalue weighted by Crippen LogP contribution is -1.88. The molecule has 1 rings (SSSR count). The van der Waals surface area contributed by atoms with Crippen LogP contribution in [-0.2, 0) is 16.1 Å². The molecule has 1 aromatic heterocycles. The van der Waals surface area contributed by atoms with Gasteiger partial charge in [0.05, 0.1) is 4.88 Å². The zero-order chi connectivity index (χ0) is 8.27. The average molecular weight is 282 g/mol. The Hall–Kier alpha value is -0.100. The van der Waals surface area contributed by atoms with Crippen LogP contribution in [0.2, 0.25) is 0 Å². The van der Waals surface area contributed by atoms with Gasteiger partial charge in [-0.15, -0.1) is 11.3 Å². The molecule has 0 amide bonds. The third-order valence-corrected chi connectivity index (χ3v) is 4.20. The van der Waals surface area contributed by atoms with Crippen LogP contribution in [0.1, 0.15) is 10.4 Å². The van der Waals surface area contributed by atoms with Gasteiger partial charge in [0.25, 0.3) is 6.47 Å². The van der Waals surface area contributed by atoms with Crippen LogP contribution in [0.15, 0.2) is 5.38 Å². The second-order valence-corrected chi connectivity index (χ2v) is 4.11. The Morgan fingerprint density at radius 3 is 3.00 bits per heavy atom. The highest BCUT2D eigenvalue weighted by Crippen LogP contribution is 2.23. The van der Waals surface area contributed by atoms with Crippen molar-refractivity contribution in [1.82, 2.24) is 0 Å². The Kier molecular flexibility index (Phi) is 3.32. The summed E-state index contributed by atoms with van der Waals surface area (Å²) in [5.41, 5.74) is 1.25. The Bertz CT molecular complexity index is 257. The molecule has 0 fully saturated rings. The van der Waals surface area contributed by atoms with E-state index in [9.17, 15) is 4.79 Å². The number of hydrogen-bond donors (Lipinski definition) is 0. The van der Waals surface area contributed by atoms with E-state index >= 15 is 0 Å². The third kappa shape index (κ3) is 2.16. The summed E-state index contributed by atoms with van der Waals surface area (Å²) >= 11 is 3.88. The first-order valence-corrected chi connectivity index (χ1v) is 4.99. The van der Waals surface area contributed by atoms with Crippen molar-refractivity contribution in [2.24, 2.45) is 0 Å². The fourth-order valence-corrected chi connectivity index (χ4v) is 2.43. The fraction of sp³-hybridized carbons (Fsp3) is 0.286. The number of aryl methyl sites for hydroxylation is 1. The van der Waals surface area contributed by atoms with Gasteiger partial charge in [0, 0.05) is 3.57 Å². The minimum atomic E-state index is 0.403. The van der Waals surface area contributed by atoms with E-state index in [-0.39, 0.29) is 0 Å². The molecular formula is C7H7IO2S. The van der Waals surface area contributed by atoms with Gasteiger partial charge in [-0.2, -0.15) is 0 Å². The Labute approximate surface area is 82.7 Å². The number of halogens is 1. The molecule has 1 aromatic rings. The lowest BCUT2D eigenvalue weighted by molar-refractivity contribution is -0.129. The quantitative estimate of drug-likeness (QED) is 0.628. The van der Waals surface area contributed by atoms with Crippen molar-refractivity contribution < 1.29 is 9.53 Å². The zero-order valence-electron chi connectivity index (χ0n) is 5.96. The minimum absolute atomic E-state index is 0.403. The molecule has 60 valence electrons. The van der Waals surface area contributed by atoms with Gasteiger partial charge in [0.15, 0.2) is 0 Å². The van der Waals surface area contributed by atoms with E-state index in [1.807, 2.05) is 6.92 Å². The smallest absolute Gasteiger partial charge is 0.293 e. The number of rotatable bonds is 3. The van der Waals surface area contributed by atoms with Crippen molar-refractivity contribution in [3.8, 4) is 0 Å². The fourth-order valence-electron chi connectivity index (χ4n) is 0.690. The molecule has 0 aliphatic carbocycles. The maximum absolute atomic E-state index is 9.88. The summed E-state index contributed by atoms with van der Waals surface area (Å²) in [5.74, 6) is 0. The molecule has 0 bridgehead atoms. The summed E-state index contributed by atoms with van der Waals surface area (Å²) in [6, 6.07) is 0. The summed E-state index contributed by atoms with van der Waals surface area (Å²) in [5, 5.41) is 2.06. The first kappa shape index (κ1) is 8.99. The monoisotopic (exact) mass is 282 g/mol. The van der Waals surface area contributed by atoms with Crippen molar-refractivity contribution >= 4 is 40.4 Å². The Morgan fingerprint density at radius 2 is 2.55 bits per heavy atom. The van der Waals surface area contributed by atoms with Crippen LogP contribution < -0.4 is 0 Å². The summed E-state index contributed by atoms with van der Waals surface area (Å²) in [4.78, 5) is 11.0. The molecule has 0 saturated heterocycles. The van der Waals surface area contributed by atoms with Crippen molar-refractivity contribution in [2.75, 3.05) is 0 Å². The molecule has 0 aliphatic heterocycles. The van der Waals surface area contributed by atoms with Crippen LogP contribution in [0.5, 0.6) is 0 Å². The van der Waals surface area contributed by atoms with E-state index < -0.39 is 0 Å². The van der Waals surface area contributed by atoms with E-state index in [1.54, 1.807) is 11.3 Å². The average Bonchev–Trinajstić information content (AvgIpc) is 2.31. The molecular weight excluding hydrogens is 275 g/mol. The molecule has 0 atom stereocenters. The zero-order valence-corrected chi connectivity index (χ0v) is 8.94. The molecule has 2 nitrogen and oxygen atoms in total. The van der Waals surface area contributed by atoms with Crippen molar-refractivity contribution in [3.63, 3.8) is 0 Å². The van der Waals surface area contributed by atoms with E-state index in [0.29, 0.717) is 13.1 Å². The summed E-state index contributed by atoms with van der Waals surface area (Å²) in [6.45, 7) is 2.92. The van der Waals surface area contributed by atoms with Gasteiger partial charge in [-0.1, -0.05) is 0 Å². The van der Waals surface area contributed by atoms with Gasteiger partial charge in [0.2, 0.25) is 0 Å². The van der Waals surface area contributed by atoms with E-state index in [0.717, 1.165) is 4.88 Å². The van der Waals surface area contributed by atoms with Crippen LogP contribution in [0.25, 0.3) is 0 Å². The highest BCUT2D eigenvalue weighted by Gasteiger charge is 2.04. The number of ether oxygens (including phenoxy) is 1. The lowest BCUT2D eigenvalue weighted by Gasteiger charge is -1.95. The SMILES string of the molecule is Cc1csc(COC=O)c1I. The van der Waals surface area contributed by atoms with Crippen LogP contribution in [0, 0.1) is 10.5 Å². The Balaban J connectivity index is 2.70. The Morgan fingerprint density at radius 1 is 1.82 bits per heavy atom. The highest BCUT2D eigenvalue weighted by molar-refractivity contribution is 14.1. The van der Waals surface area contributed by atoms with Gasteiger partial charge < -0.3 is 4.74 Å². The molecule has 0 aromatic carbocycles. The largest absolute Gasteiger partial charge is 0.462 e. The van der Waals surface area contributed by atoms with Gasteiger partial charge in [0.1, 0.15) is 6.61 Å². The van der Waals surface area contributed by atoms with E-state index in [4.69, 9.17) is 0 Å². The maximum Gasteiger partial charge on any atom is 0.293 e. The number of thiophene rings is 1. The lowest BCUT2D eigenvalue weighted by atomic mass is 10.3. The van der Waals surface area contributed by atoms with Crippen molar-refractivity contribution in [3.05, 3.63) is 19.4 Å². The molecule has 0 aliphatic rings. The predicted octanol–water partition coefficient (Wildman–Crippen LogP) is 2.33. The summed E-state index contributed by atoms with van der Waals surface area (Å²) < 4.78 is 5.84. The second-order valence-electron chi connectivity index (χ2n) is 2.06. The van der Waals surface area contributed by atoms with Gasteiger partial charge in [-0.05, 0) is 40.5 Å². The molecule has 0 radical (unpaired) electrons. The van der Waals surface area contributed by atoms with Crippen molar-refractivity contribution in [1.29, 1.82) is 0 Å².